The van der Waals surface area contributed by atoms with E-state index in [1.54, 1.807) is 17.1 Å². The van der Waals surface area contributed by atoms with Gasteiger partial charge < -0.3 is 10.7 Å². The number of H-pyrrole nitrogens is 1. The maximum absolute atomic E-state index is 11.5. The summed E-state index contributed by atoms with van der Waals surface area (Å²) in [7, 11) is -3.81. The molecule has 0 radical (unpaired) electrons. The van der Waals surface area contributed by atoms with Crippen LogP contribution in [0.3, 0.4) is 0 Å². The van der Waals surface area contributed by atoms with Crippen LogP contribution in [-0.4, -0.2) is 50.5 Å². The van der Waals surface area contributed by atoms with Gasteiger partial charge in [0.15, 0.2) is 5.82 Å². The zero-order valence-electron chi connectivity index (χ0n) is 13.5. The number of nitrogen functional groups attached to an aromatic ring is 1. The van der Waals surface area contributed by atoms with E-state index < -0.39 is 15.7 Å². The molecule has 0 unspecified atom stereocenters. The van der Waals surface area contributed by atoms with Crippen LogP contribution in [0, 0.1) is 11.3 Å². The normalized spacial score (nSPS) is 17.1. The first-order chi connectivity index (χ1) is 12.3. The third-order valence-corrected chi connectivity index (χ3v) is 5.53. The van der Waals surface area contributed by atoms with Crippen LogP contribution in [0.4, 0.5) is 5.82 Å². The zero-order chi connectivity index (χ0) is 18.5. The van der Waals surface area contributed by atoms with Crippen molar-refractivity contribution in [2.24, 2.45) is 5.14 Å². The molecule has 5 N–H and O–H groups in total. The average Bonchev–Trinajstić information content (AvgIpc) is 3.15. The van der Waals surface area contributed by atoms with E-state index >= 15 is 0 Å². The molecule has 0 spiro atoms. The van der Waals surface area contributed by atoms with Crippen molar-refractivity contribution < 1.29 is 8.42 Å². The lowest BCUT2D eigenvalue weighted by molar-refractivity contribution is 0.0721. The van der Waals surface area contributed by atoms with Crippen LogP contribution in [0.15, 0.2) is 24.8 Å². The molecule has 0 atom stereocenters. The molecule has 3 aromatic heterocycles. The Kier molecular flexibility index (Phi) is 3.48. The first kappa shape index (κ1) is 16.5. The van der Waals surface area contributed by atoms with Gasteiger partial charge in [-0.05, 0) is 6.07 Å². The second-order valence-corrected chi connectivity index (χ2v) is 7.75. The Morgan fingerprint density at radius 2 is 2.15 bits per heavy atom. The van der Waals surface area contributed by atoms with Crippen LogP contribution in [0.5, 0.6) is 0 Å². The minimum atomic E-state index is -3.81. The van der Waals surface area contributed by atoms with E-state index in [4.69, 9.17) is 10.9 Å². The number of rotatable bonds is 4. The second kappa shape index (κ2) is 5.49. The Labute approximate surface area is 148 Å². The highest BCUT2D eigenvalue weighted by atomic mass is 32.2. The van der Waals surface area contributed by atoms with Crippen LogP contribution >= 0.6 is 0 Å². The number of aromatic amines is 1. The molecule has 0 aromatic carbocycles. The molecule has 0 saturated carbocycles. The molecule has 1 fully saturated rings. The summed E-state index contributed by atoms with van der Waals surface area (Å²) < 4.78 is 25.6. The van der Waals surface area contributed by atoms with Gasteiger partial charge in [0.25, 0.3) is 10.2 Å². The lowest BCUT2D eigenvalue weighted by Crippen LogP contribution is -2.65. The summed E-state index contributed by atoms with van der Waals surface area (Å²) in [5.41, 5.74) is 7.13. The Bertz CT molecular complexity index is 1130. The largest absolute Gasteiger partial charge is 0.382 e. The number of nitriles is 1. The summed E-state index contributed by atoms with van der Waals surface area (Å²) in [6.07, 6.45) is 4.92. The second-order valence-electron chi connectivity index (χ2n) is 6.21. The van der Waals surface area contributed by atoms with Crippen LogP contribution in [0.1, 0.15) is 6.42 Å². The molecule has 0 amide bonds. The van der Waals surface area contributed by atoms with E-state index in [9.17, 15) is 13.7 Å². The fourth-order valence-electron chi connectivity index (χ4n) is 3.17. The summed E-state index contributed by atoms with van der Waals surface area (Å²) >= 11 is 0. The van der Waals surface area contributed by atoms with E-state index in [2.05, 4.69) is 26.1 Å². The molecule has 0 aliphatic carbocycles. The first-order valence-corrected chi connectivity index (χ1v) is 9.13. The summed E-state index contributed by atoms with van der Waals surface area (Å²) in [5, 5.41) is 19.4. The highest BCUT2D eigenvalue weighted by Crippen LogP contribution is 2.36. The van der Waals surface area contributed by atoms with Gasteiger partial charge in [0.1, 0.15) is 17.5 Å². The molecule has 12 heteroatoms. The maximum atomic E-state index is 11.5. The molecule has 4 heterocycles. The SMILES string of the molecule is N#CCC1(n2cc(-c3ncnc4[nH]ccc34)c(N)n2)CN(S(N)(=O)=O)C1. The van der Waals surface area contributed by atoms with E-state index in [-0.39, 0.29) is 25.3 Å². The monoisotopic (exact) mass is 373 g/mol. The Hall–Kier alpha value is -3.01. The minimum Gasteiger partial charge on any atom is -0.382 e. The van der Waals surface area contributed by atoms with Gasteiger partial charge in [-0.25, -0.2) is 15.1 Å². The highest BCUT2D eigenvalue weighted by molar-refractivity contribution is 7.86. The van der Waals surface area contributed by atoms with Gasteiger partial charge >= 0.3 is 0 Å². The van der Waals surface area contributed by atoms with Gasteiger partial charge in [0.2, 0.25) is 0 Å². The van der Waals surface area contributed by atoms with Gasteiger partial charge in [-0.2, -0.15) is 23.1 Å². The van der Waals surface area contributed by atoms with Crippen LogP contribution in [0.2, 0.25) is 0 Å². The molecule has 134 valence electrons. The van der Waals surface area contributed by atoms with E-state index in [0.29, 0.717) is 16.9 Å². The molecule has 1 aliphatic heterocycles. The van der Waals surface area contributed by atoms with Crippen LogP contribution < -0.4 is 10.9 Å². The van der Waals surface area contributed by atoms with E-state index in [0.717, 1.165) is 9.69 Å². The highest BCUT2D eigenvalue weighted by Gasteiger charge is 2.49. The van der Waals surface area contributed by atoms with Crippen molar-refractivity contribution in [2.75, 3.05) is 18.8 Å². The van der Waals surface area contributed by atoms with Crippen molar-refractivity contribution in [3.8, 4) is 17.3 Å². The summed E-state index contributed by atoms with van der Waals surface area (Å²) in [5.74, 6) is 0.234. The molecule has 11 nitrogen and oxygen atoms in total. The molecule has 1 aliphatic rings. The van der Waals surface area contributed by atoms with E-state index in [1.807, 2.05) is 6.07 Å². The number of hydrogen-bond donors (Lipinski definition) is 3. The lowest BCUT2D eigenvalue weighted by atomic mass is 9.89. The number of hydrogen-bond acceptors (Lipinski definition) is 7. The summed E-state index contributed by atoms with van der Waals surface area (Å²) in [6, 6.07) is 3.91. The summed E-state index contributed by atoms with van der Waals surface area (Å²) in [6.45, 7) is 0.118. The van der Waals surface area contributed by atoms with Gasteiger partial charge in [0.05, 0.1) is 23.7 Å². The number of aromatic nitrogens is 5. The molecule has 0 bridgehead atoms. The smallest absolute Gasteiger partial charge is 0.277 e. The van der Waals surface area contributed by atoms with Gasteiger partial charge in [-0.1, -0.05) is 0 Å². The van der Waals surface area contributed by atoms with Crippen molar-refractivity contribution in [1.82, 2.24) is 29.0 Å². The Balaban J connectivity index is 1.77. The van der Waals surface area contributed by atoms with Crippen LogP contribution in [0.25, 0.3) is 22.3 Å². The number of nitrogens with zero attached hydrogens (tertiary/aromatic N) is 6. The van der Waals surface area contributed by atoms with Crippen molar-refractivity contribution in [3.05, 3.63) is 24.8 Å². The average molecular weight is 373 g/mol. The first-order valence-electron chi connectivity index (χ1n) is 7.63. The molecular weight excluding hydrogens is 358 g/mol. The number of fused-ring (bicyclic) bond motifs is 1. The molecular formula is C14H15N9O2S. The maximum Gasteiger partial charge on any atom is 0.277 e. The van der Waals surface area contributed by atoms with Crippen molar-refractivity contribution >= 4 is 27.1 Å². The standard InChI is InChI=1S/C14H15N9O2S/c15-3-2-14(6-22(7-14)26(17,24)25)23-5-10(12(16)21-23)11-9-1-4-18-13(9)20-8-19-11/h1,4-5,8H,2,6-7H2,(H2,16,21)(H2,17,24,25)(H,18,19,20). The Morgan fingerprint density at radius 1 is 1.38 bits per heavy atom. The zero-order valence-corrected chi connectivity index (χ0v) is 14.3. The predicted octanol–water partition coefficient (Wildman–Crippen LogP) is -0.468. The van der Waals surface area contributed by atoms with Crippen LogP contribution in [-0.2, 0) is 15.7 Å². The van der Waals surface area contributed by atoms with Gasteiger partial charge in [0, 0.05) is 30.9 Å². The third-order valence-electron chi connectivity index (χ3n) is 4.55. The van der Waals surface area contributed by atoms with Crippen molar-refractivity contribution in [2.45, 2.75) is 12.0 Å². The predicted molar refractivity (Wildman–Crippen MR) is 92.4 cm³/mol. The lowest BCUT2D eigenvalue weighted by Gasteiger charge is -2.46. The number of nitrogens with two attached hydrogens (primary N) is 2. The fourth-order valence-corrected chi connectivity index (χ4v) is 4.02. The summed E-state index contributed by atoms with van der Waals surface area (Å²) in [4.78, 5) is 11.4. The molecule has 4 rings (SSSR count). The van der Waals surface area contributed by atoms with Gasteiger partial charge in [-0.3, -0.25) is 4.68 Å². The third kappa shape index (κ3) is 2.41. The molecule has 1 saturated heterocycles. The minimum absolute atomic E-state index is 0.0588. The topological polar surface area (TPSA) is 173 Å². The number of nitrogens with one attached hydrogen (secondary N) is 1. The quantitative estimate of drug-likeness (QED) is 0.554. The molecule has 26 heavy (non-hydrogen) atoms. The fraction of sp³-hybridized carbons (Fsp3) is 0.286. The Morgan fingerprint density at radius 3 is 2.85 bits per heavy atom. The number of anilines is 1. The molecule has 3 aromatic rings. The van der Waals surface area contributed by atoms with Crippen molar-refractivity contribution in [1.29, 1.82) is 5.26 Å². The van der Waals surface area contributed by atoms with Crippen molar-refractivity contribution in [3.63, 3.8) is 0 Å². The van der Waals surface area contributed by atoms with E-state index in [1.165, 1.54) is 6.33 Å². The van der Waals surface area contributed by atoms with Gasteiger partial charge in [-0.15, -0.1) is 0 Å².